The number of halogens is 2. The summed E-state index contributed by atoms with van der Waals surface area (Å²) in [4.78, 5) is 4.05. The van der Waals surface area contributed by atoms with Gasteiger partial charge in [-0.25, -0.2) is 11.6 Å². The molecule has 2 nitrogen and oxygen atoms in total. The molecule has 2 aromatic carbocycles. The fourth-order valence-corrected chi connectivity index (χ4v) is 2.28. The Hall–Kier alpha value is -1.02. The molecule has 0 bridgehead atoms. The third-order valence-electron chi connectivity index (χ3n) is 3.31. The monoisotopic (exact) mass is 420 g/mol. The summed E-state index contributed by atoms with van der Waals surface area (Å²) in [5.74, 6) is 0. The minimum atomic E-state index is 0. The van der Waals surface area contributed by atoms with E-state index >= 15 is 0 Å². The maximum absolute atomic E-state index is 4.05. The van der Waals surface area contributed by atoms with E-state index in [9.17, 15) is 0 Å². The average molecular weight is 422 g/mol. The molecule has 3 aromatic rings. The molecule has 5 heteroatoms. The summed E-state index contributed by atoms with van der Waals surface area (Å²) in [5, 5.41) is 2.54. The summed E-state index contributed by atoms with van der Waals surface area (Å²) >= 11 is 0. The standard InChI is InChI=1S/C12H9N2.C6H7.2ClH.Zr/c1-2-4-11-10(3-1)5-6-12(11)14-8-7-13-9-14;1-6-4-2-3-5-6;;;/h1-9H;2,4H,3H2,1H3;2*1H;/q2*-1;;;+4/p-2. The Morgan fingerprint density at radius 3 is 2.52 bits per heavy atom. The van der Waals surface area contributed by atoms with E-state index in [0.717, 1.165) is 6.42 Å². The molecule has 0 aliphatic heterocycles. The van der Waals surface area contributed by atoms with Crippen LogP contribution in [0.25, 0.3) is 16.5 Å². The SMILES string of the molecule is CC1=[C-]CC=C1.[Cl-].[Cl-].[Zr+4].c1ccc2c(c1)cc[c-]2-n1ccnc1. The molecule has 0 fully saturated rings. The van der Waals surface area contributed by atoms with Crippen molar-refractivity contribution in [1.82, 2.24) is 9.55 Å². The molecule has 1 aromatic heterocycles. The summed E-state index contributed by atoms with van der Waals surface area (Å²) < 4.78 is 2.03. The summed E-state index contributed by atoms with van der Waals surface area (Å²) in [6.07, 6.45) is 13.9. The van der Waals surface area contributed by atoms with E-state index in [1.165, 1.54) is 22.0 Å². The number of allylic oxidation sites excluding steroid dienone is 4. The van der Waals surface area contributed by atoms with Crippen LogP contribution in [0.15, 0.2) is 72.8 Å². The number of fused-ring (bicyclic) bond motifs is 1. The molecular weight excluding hydrogens is 406 g/mol. The maximum atomic E-state index is 4.05. The zero-order valence-electron chi connectivity index (χ0n) is 12.7. The molecule has 116 valence electrons. The third-order valence-corrected chi connectivity index (χ3v) is 3.31. The predicted molar refractivity (Wildman–Crippen MR) is 82.9 cm³/mol. The molecule has 0 saturated carbocycles. The summed E-state index contributed by atoms with van der Waals surface area (Å²) in [6.45, 7) is 2.06. The molecule has 4 rings (SSSR count). The van der Waals surface area contributed by atoms with Crippen molar-refractivity contribution in [3.05, 3.63) is 78.9 Å². The molecule has 1 heterocycles. The first kappa shape index (κ1) is 22.0. The van der Waals surface area contributed by atoms with Crippen LogP contribution in [0.2, 0.25) is 0 Å². The van der Waals surface area contributed by atoms with E-state index in [0.29, 0.717) is 0 Å². The maximum Gasteiger partial charge on any atom is 4.00 e. The fourth-order valence-electron chi connectivity index (χ4n) is 2.28. The van der Waals surface area contributed by atoms with Crippen molar-refractivity contribution in [2.75, 3.05) is 0 Å². The minimum absolute atomic E-state index is 0. The number of nitrogens with zero attached hydrogens (tertiary/aromatic N) is 2. The van der Waals surface area contributed by atoms with Crippen molar-refractivity contribution in [3.8, 4) is 5.69 Å². The van der Waals surface area contributed by atoms with Gasteiger partial charge in [0.1, 0.15) is 0 Å². The van der Waals surface area contributed by atoms with Gasteiger partial charge >= 0.3 is 26.2 Å². The number of hydrogen-bond acceptors (Lipinski definition) is 1. The molecule has 0 amide bonds. The van der Waals surface area contributed by atoms with E-state index in [1.54, 1.807) is 6.20 Å². The van der Waals surface area contributed by atoms with Crippen LogP contribution in [0.3, 0.4) is 0 Å². The Bertz CT molecular complexity index is 756. The van der Waals surface area contributed by atoms with Gasteiger partial charge in [0.15, 0.2) is 0 Å². The van der Waals surface area contributed by atoms with E-state index in [4.69, 9.17) is 0 Å². The van der Waals surface area contributed by atoms with Gasteiger partial charge in [0, 0.05) is 12.5 Å². The van der Waals surface area contributed by atoms with Gasteiger partial charge in [-0.3, -0.25) is 11.1 Å². The van der Waals surface area contributed by atoms with Gasteiger partial charge in [0.25, 0.3) is 0 Å². The Kier molecular flexibility index (Phi) is 10.2. The van der Waals surface area contributed by atoms with E-state index in [1.807, 2.05) is 17.1 Å². The van der Waals surface area contributed by atoms with Gasteiger partial charge in [0.05, 0.1) is 0 Å². The second-order valence-electron chi connectivity index (χ2n) is 4.74. The molecule has 0 spiro atoms. The van der Waals surface area contributed by atoms with Crippen LogP contribution >= 0.6 is 0 Å². The van der Waals surface area contributed by atoms with Gasteiger partial charge in [-0.15, -0.1) is 18.6 Å². The molecule has 1 aliphatic carbocycles. The Labute approximate surface area is 168 Å². The summed E-state index contributed by atoms with van der Waals surface area (Å²) in [6, 6.07) is 12.6. The van der Waals surface area contributed by atoms with Gasteiger partial charge in [-0.05, 0) is 11.9 Å². The zero-order chi connectivity index (χ0) is 13.8. The fraction of sp³-hybridized carbons (Fsp3) is 0.111. The topological polar surface area (TPSA) is 17.8 Å². The largest absolute Gasteiger partial charge is 4.00 e. The van der Waals surface area contributed by atoms with Crippen LogP contribution in [-0.2, 0) is 26.2 Å². The van der Waals surface area contributed by atoms with Gasteiger partial charge in [-0.1, -0.05) is 42.0 Å². The van der Waals surface area contributed by atoms with Crippen LogP contribution in [0.1, 0.15) is 13.3 Å². The first-order valence-corrected chi connectivity index (χ1v) is 6.71. The van der Waals surface area contributed by atoms with Crippen molar-refractivity contribution in [2.45, 2.75) is 13.3 Å². The number of imidazole rings is 1. The second kappa shape index (κ2) is 10.7. The smallest absolute Gasteiger partial charge is 1.00 e. The van der Waals surface area contributed by atoms with Gasteiger partial charge in [-0.2, -0.15) is 6.08 Å². The number of rotatable bonds is 1. The molecule has 1 aliphatic rings. The van der Waals surface area contributed by atoms with Gasteiger partial charge in [0.2, 0.25) is 0 Å². The normalized spacial score (nSPS) is 11.4. The van der Waals surface area contributed by atoms with Crippen LogP contribution in [-0.4, -0.2) is 9.55 Å². The van der Waals surface area contributed by atoms with E-state index in [-0.39, 0.29) is 51.0 Å². The van der Waals surface area contributed by atoms with Crippen molar-refractivity contribution in [1.29, 1.82) is 0 Å². The quantitative estimate of drug-likeness (QED) is 0.434. The van der Waals surface area contributed by atoms with Crippen LogP contribution in [0.5, 0.6) is 0 Å². The van der Waals surface area contributed by atoms with E-state index < -0.39 is 0 Å². The Balaban J connectivity index is 0.000000469. The second-order valence-corrected chi connectivity index (χ2v) is 4.74. The minimum Gasteiger partial charge on any atom is -1.00 e. The first-order valence-electron chi connectivity index (χ1n) is 6.71. The molecule has 0 unspecified atom stereocenters. The number of aromatic nitrogens is 2. The molecule has 0 N–H and O–H groups in total. The van der Waals surface area contributed by atoms with E-state index in [2.05, 4.69) is 66.5 Å². The van der Waals surface area contributed by atoms with Crippen molar-refractivity contribution in [2.24, 2.45) is 0 Å². The number of hydrogen-bond donors (Lipinski definition) is 0. The van der Waals surface area contributed by atoms with Crippen molar-refractivity contribution >= 4 is 10.8 Å². The first-order chi connectivity index (χ1) is 9.84. The summed E-state index contributed by atoms with van der Waals surface area (Å²) in [7, 11) is 0. The average Bonchev–Trinajstić information content (AvgIpc) is 3.19. The summed E-state index contributed by atoms with van der Waals surface area (Å²) in [5.41, 5.74) is 2.47. The number of benzene rings is 1. The van der Waals surface area contributed by atoms with Gasteiger partial charge < -0.3 is 29.4 Å². The molecule has 0 atom stereocenters. The predicted octanol–water partition coefficient (Wildman–Crippen LogP) is -1.55. The molecule has 23 heavy (non-hydrogen) atoms. The third kappa shape index (κ3) is 5.53. The molecule has 0 saturated heterocycles. The van der Waals surface area contributed by atoms with Crippen LogP contribution in [0, 0.1) is 6.08 Å². The zero-order valence-corrected chi connectivity index (χ0v) is 16.7. The van der Waals surface area contributed by atoms with Crippen molar-refractivity contribution in [3.63, 3.8) is 0 Å². The van der Waals surface area contributed by atoms with Crippen LogP contribution < -0.4 is 24.8 Å². The molecular formula is C18H16Cl2N2Zr. The van der Waals surface area contributed by atoms with Crippen LogP contribution in [0.4, 0.5) is 0 Å². The molecule has 0 radical (unpaired) electrons. The Morgan fingerprint density at radius 2 is 1.96 bits per heavy atom. The Morgan fingerprint density at radius 1 is 1.17 bits per heavy atom. The van der Waals surface area contributed by atoms with Crippen molar-refractivity contribution < 1.29 is 51.0 Å².